The zero-order valence-electron chi connectivity index (χ0n) is 11.2. The van der Waals surface area contributed by atoms with Gasteiger partial charge in [-0.05, 0) is 12.1 Å². The van der Waals surface area contributed by atoms with E-state index in [2.05, 4.69) is 15.2 Å². The molecule has 0 aliphatic carbocycles. The lowest BCUT2D eigenvalue weighted by atomic mass is 9.95. The smallest absolute Gasteiger partial charge is 0.264 e. The molecule has 0 unspecified atom stereocenters. The van der Waals surface area contributed by atoms with Gasteiger partial charge in [0.15, 0.2) is 0 Å². The first kappa shape index (κ1) is 12.0. The minimum Gasteiger partial charge on any atom is -0.361 e. The van der Waals surface area contributed by atoms with Gasteiger partial charge in [-0.1, -0.05) is 12.1 Å². The number of nitrogens with zero attached hydrogens (tertiary/aromatic N) is 1. The van der Waals surface area contributed by atoms with Crippen molar-refractivity contribution in [1.82, 2.24) is 20.1 Å². The van der Waals surface area contributed by atoms with Crippen molar-refractivity contribution in [1.29, 1.82) is 0 Å². The maximum atomic E-state index is 12.5. The lowest BCUT2D eigenvalue weighted by molar-refractivity contribution is 0.0600. The lowest BCUT2D eigenvalue weighted by Crippen LogP contribution is -2.48. The SMILES string of the molecule is O=C(c1cccc2cc[nH]c12)N1CC(c2cc(=O)[nH][nH]2)C1. The van der Waals surface area contributed by atoms with Crippen LogP contribution in [0.15, 0.2) is 41.3 Å². The zero-order valence-corrected chi connectivity index (χ0v) is 11.2. The van der Waals surface area contributed by atoms with Gasteiger partial charge < -0.3 is 15.0 Å². The summed E-state index contributed by atoms with van der Waals surface area (Å²) in [6.45, 7) is 1.26. The number of aromatic nitrogens is 3. The molecule has 1 aliphatic rings. The highest BCUT2D eigenvalue weighted by atomic mass is 16.2. The van der Waals surface area contributed by atoms with Crippen molar-refractivity contribution in [2.75, 3.05) is 13.1 Å². The molecule has 6 nitrogen and oxygen atoms in total. The van der Waals surface area contributed by atoms with Crippen LogP contribution in [0.3, 0.4) is 0 Å². The highest BCUT2D eigenvalue weighted by Gasteiger charge is 2.33. The molecule has 1 aromatic carbocycles. The number of H-pyrrole nitrogens is 3. The number of hydrogen-bond acceptors (Lipinski definition) is 2. The first-order valence-corrected chi connectivity index (χ1v) is 6.85. The number of rotatable bonds is 2. The summed E-state index contributed by atoms with van der Waals surface area (Å²) in [6.07, 6.45) is 1.84. The second-order valence-electron chi connectivity index (χ2n) is 5.37. The van der Waals surface area contributed by atoms with Gasteiger partial charge in [-0.25, -0.2) is 0 Å². The van der Waals surface area contributed by atoms with Crippen LogP contribution in [0.25, 0.3) is 10.9 Å². The molecular formula is C15H14N4O2. The van der Waals surface area contributed by atoms with Crippen molar-refractivity contribution in [3.63, 3.8) is 0 Å². The number of carbonyl (C=O) groups excluding carboxylic acids is 1. The van der Waals surface area contributed by atoms with Gasteiger partial charge in [0.25, 0.3) is 11.5 Å². The van der Waals surface area contributed by atoms with Crippen LogP contribution in [-0.2, 0) is 0 Å². The third-order valence-electron chi connectivity index (χ3n) is 4.04. The van der Waals surface area contributed by atoms with Crippen molar-refractivity contribution >= 4 is 16.8 Å². The quantitative estimate of drug-likeness (QED) is 0.664. The summed E-state index contributed by atoms with van der Waals surface area (Å²) in [6, 6.07) is 9.22. The van der Waals surface area contributed by atoms with Crippen molar-refractivity contribution in [3.8, 4) is 0 Å². The first-order chi connectivity index (χ1) is 10.2. The summed E-state index contributed by atoms with van der Waals surface area (Å²) in [4.78, 5) is 28.6. The maximum Gasteiger partial charge on any atom is 0.264 e. The van der Waals surface area contributed by atoms with Crippen LogP contribution in [0, 0.1) is 0 Å². The Morgan fingerprint density at radius 1 is 1.19 bits per heavy atom. The number of carbonyl (C=O) groups is 1. The normalized spacial score (nSPS) is 15.3. The predicted molar refractivity (Wildman–Crippen MR) is 78.4 cm³/mol. The second-order valence-corrected chi connectivity index (χ2v) is 5.37. The predicted octanol–water partition coefficient (Wildman–Crippen LogP) is 1.42. The fourth-order valence-electron chi connectivity index (χ4n) is 2.84. The van der Waals surface area contributed by atoms with Crippen molar-refractivity contribution < 1.29 is 4.79 Å². The van der Waals surface area contributed by atoms with Crippen LogP contribution in [0.4, 0.5) is 0 Å². The number of amides is 1. The maximum absolute atomic E-state index is 12.5. The fraction of sp³-hybridized carbons (Fsp3) is 0.200. The summed E-state index contributed by atoms with van der Waals surface area (Å²) in [5.41, 5.74) is 2.30. The molecule has 3 aromatic rings. The zero-order chi connectivity index (χ0) is 14.4. The van der Waals surface area contributed by atoms with Gasteiger partial charge in [0, 0.05) is 42.4 Å². The first-order valence-electron chi connectivity index (χ1n) is 6.85. The number of hydrogen-bond donors (Lipinski definition) is 3. The molecule has 6 heteroatoms. The Hall–Kier alpha value is -2.76. The third-order valence-corrected chi connectivity index (χ3v) is 4.04. The molecule has 1 saturated heterocycles. The molecule has 0 atom stereocenters. The van der Waals surface area contributed by atoms with Gasteiger partial charge in [0.05, 0.1) is 11.1 Å². The van der Waals surface area contributed by atoms with E-state index in [0.717, 1.165) is 16.6 Å². The topological polar surface area (TPSA) is 84.8 Å². The van der Waals surface area contributed by atoms with Crippen LogP contribution in [0.5, 0.6) is 0 Å². The van der Waals surface area contributed by atoms with Gasteiger partial charge in [-0.3, -0.25) is 14.7 Å². The van der Waals surface area contributed by atoms with E-state index >= 15 is 0 Å². The Kier molecular flexibility index (Phi) is 2.50. The summed E-state index contributed by atoms with van der Waals surface area (Å²) < 4.78 is 0. The van der Waals surface area contributed by atoms with E-state index in [9.17, 15) is 9.59 Å². The molecule has 3 N–H and O–H groups in total. The molecule has 1 amide bonds. The average molecular weight is 282 g/mol. The summed E-state index contributed by atoms with van der Waals surface area (Å²) in [7, 11) is 0. The van der Waals surface area contributed by atoms with E-state index in [4.69, 9.17) is 0 Å². The monoisotopic (exact) mass is 282 g/mol. The van der Waals surface area contributed by atoms with Gasteiger partial charge in [-0.15, -0.1) is 0 Å². The Morgan fingerprint density at radius 2 is 2.05 bits per heavy atom. The van der Waals surface area contributed by atoms with Crippen molar-refractivity contribution in [3.05, 3.63) is 58.1 Å². The Bertz CT molecular complexity index is 867. The van der Waals surface area contributed by atoms with E-state index in [1.165, 1.54) is 0 Å². The number of nitrogens with one attached hydrogen (secondary N) is 3. The van der Waals surface area contributed by atoms with Gasteiger partial charge >= 0.3 is 0 Å². The summed E-state index contributed by atoms with van der Waals surface area (Å²) >= 11 is 0. The standard InChI is InChI=1S/C15H14N4O2/c20-13-6-12(17-18-13)10-7-19(8-10)15(21)11-3-1-2-9-4-5-16-14(9)11/h1-6,10,16H,7-8H2,(H2,17,18,20). The molecule has 106 valence electrons. The molecule has 21 heavy (non-hydrogen) atoms. The minimum absolute atomic E-state index is 0.0252. The van der Waals surface area contributed by atoms with Crippen molar-refractivity contribution in [2.24, 2.45) is 0 Å². The molecule has 4 rings (SSSR count). The van der Waals surface area contributed by atoms with Crippen LogP contribution in [0.1, 0.15) is 22.0 Å². The van der Waals surface area contributed by atoms with Gasteiger partial charge in [-0.2, -0.15) is 0 Å². The van der Waals surface area contributed by atoms with E-state index in [0.29, 0.717) is 18.7 Å². The van der Waals surface area contributed by atoms with E-state index in [1.807, 2.05) is 30.5 Å². The number of fused-ring (bicyclic) bond motifs is 1. The largest absolute Gasteiger partial charge is 0.361 e. The second kappa shape index (κ2) is 4.37. The number of para-hydroxylation sites is 1. The molecule has 0 spiro atoms. The Balaban J connectivity index is 1.55. The third kappa shape index (κ3) is 1.87. The van der Waals surface area contributed by atoms with Crippen LogP contribution < -0.4 is 5.56 Å². The summed E-state index contributed by atoms with van der Waals surface area (Å²) in [5.74, 6) is 0.230. The van der Waals surface area contributed by atoms with Crippen LogP contribution >= 0.6 is 0 Å². The molecule has 2 aromatic heterocycles. The molecule has 3 heterocycles. The molecular weight excluding hydrogens is 268 g/mol. The fourth-order valence-corrected chi connectivity index (χ4v) is 2.84. The highest BCUT2D eigenvalue weighted by Crippen LogP contribution is 2.28. The van der Waals surface area contributed by atoms with E-state index in [1.54, 1.807) is 11.0 Å². The lowest BCUT2D eigenvalue weighted by Gasteiger charge is -2.38. The van der Waals surface area contributed by atoms with E-state index < -0.39 is 0 Å². The minimum atomic E-state index is -0.133. The molecule has 0 saturated carbocycles. The molecule has 1 aliphatic heterocycles. The molecule has 0 radical (unpaired) electrons. The molecule has 0 bridgehead atoms. The Morgan fingerprint density at radius 3 is 2.81 bits per heavy atom. The van der Waals surface area contributed by atoms with Crippen molar-refractivity contribution in [2.45, 2.75) is 5.92 Å². The summed E-state index contributed by atoms with van der Waals surface area (Å²) in [5, 5.41) is 6.41. The number of likely N-dealkylation sites (tertiary alicyclic amines) is 1. The average Bonchev–Trinajstić information content (AvgIpc) is 3.05. The van der Waals surface area contributed by atoms with Gasteiger partial charge in [0.1, 0.15) is 0 Å². The highest BCUT2D eigenvalue weighted by molar-refractivity contribution is 6.06. The number of benzene rings is 1. The van der Waals surface area contributed by atoms with Crippen LogP contribution in [-0.4, -0.2) is 39.1 Å². The Labute approximate surface area is 119 Å². The van der Waals surface area contributed by atoms with Gasteiger partial charge in [0.2, 0.25) is 0 Å². The molecule has 1 fully saturated rings. The number of aromatic amines is 3. The van der Waals surface area contributed by atoms with Crippen LogP contribution in [0.2, 0.25) is 0 Å². The van der Waals surface area contributed by atoms with E-state index in [-0.39, 0.29) is 17.4 Å².